The Hall–Kier alpha value is -7.05. The van der Waals surface area contributed by atoms with Crippen LogP contribution in [0.5, 0.6) is 0 Å². The highest BCUT2D eigenvalue weighted by Crippen LogP contribution is 2.54. The summed E-state index contributed by atoms with van der Waals surface area (Å²) < 4.78 is 20.1. The van der Waals surface area contributed by atoms with E-state index >= 15 is 0 Å². The van der Waals surface area contributed by atoms with E-state index < -0.39 is 34.3 Å². The van der Waals surface area contributed by atoms with Gasteiger partial charge in [-0.25, -0.2) is 14.6 Å². The number of ketones is 1. The van der Waals surface area contributed by atoms with Crippen LogP contribution in [0.1, 0.15) is 221 Å². The maximum Gasteiger partial charge on any atom is 0.407 e. The molecule has 3 amide bonds. The van der Waals surface area contributed by atoms with E-state index in [0.717, 1.165) is 41.8 Å². The number of amides is 3. The van der Waals surface area contributed by atoms with Crippen LogP contribution in [0.15, 0.2) is 69.6 Å². The predicted octanol–water partition coefficient (Wildman–Crippen LogP) is 13.9. The number of esters is 3. The molecule has 1 aromatic rings. The van der Waals surface area contributed by atoms with Crippen LogP contribution in [-0.2, 0) is 57.9 Å². The average Bonchev–Trinajstić information content (AvgIpc) is 1.38. The monoisotopic (exact) mass is 1260 g/mol. The van der Waals surface area contributed by atoms with Crippen molar-refractivity contribution >= 4 is 70.2 Å². The molecule has 5 rings (SSSR count). The van der Waals surface area contributed by atoms with Gasteiger partial charge in [0, 0.05) is 75.4 Å². The van der Waals surface area contributed by atoms with Gasteiger partial charge in [-0.3, -0.25) is 28.8 Å². The van der Waals surface area contributed by atoms with Crippen molar-refractivity contribution in [2.75, 3.05) is 43.2 Å². The van der Waals surface area contributed by atoms with Crippen molar-refractivity contribution in [1.82, 2.24) is 10.2 Å². The fraction of sp³-hybridized carbons (Fsp3) is 0.648. The third-order valence-corrected chi connectivity index (χ3v) is 18.6. The zero-order valence-electron chi connectivity index (χ0n) is 58.4. The first-order valence-corrected chi connectivity index (χ1v) is 32.3. The molecule has 2 aliphatic carbocycles. The molecule has 0 bridgehead atoms. The van der Waals surface area contributed by atoms with E-state index in [1.807, 2.05) is 65.8 Å². The number of alkyl carbamates (subject to hydrolysis) is 1. The lowest BCUT2D eigenvalue weighted by atomic mass is 9.73. The Bertz CT molecular complexity index is 3000. The number of Topliss-reactive ketones (excluding diaryl/α,β-unsaturated/α-hetero) is 1. The minimum atomic E-state index is -0.722. The summed E-state index contributed by atoms with van der Waals surface area (Å²) in [6.07, 6.45) is 8.94. The van der Waals surface area contributed by atoms with Crippen molar-refractivity contribution in [1.29, 1.82) is 0 Å². The van der Waals surface area contributed by atoms with Crippen molar-refractivity contribution in [3.8, 4) is 0 Å². The molecule has 90 heavy (non-hydrogen) atoms. The number of carboxylic acids is 1. The lowest BCUT2D eigenvalue weighted by Crippen LogP contribution is -2.42. The lowest BCUT2D eigenvalue weighted by Gasteiger charge is -2.34. The number of fused-ring (bicyclic) bond motifs is 2. The van der Waals surface area contributed by atoms with Crippen molar-refractivity contribution < 1.29 is 67.5 Å². The summed E-state index contributed by atoms with van der Waals surface area (Å²) in [6, 6.07) is 4.47. The highest BCUT2D eigenvalue weighted by atomic mass is 16.6. The van der Waals surface area contributed by atoms with Gasteiger partial charge in [-0.1, -0.05) is 81.7 Å². The molecule has 4 aliphatic rings. The first-order valence-electron chi connectivity index (χ1n) is 32.3. The van der Waals surface area contributed by atoms with Crippen molar-refractivity contribution in [2.24, 2.45) is 32.6 Å². The molecule has 0 radical (unpaired) electrons. The first kappa shape index (κ1) is 77.2. The van der Waals surface area contributed by atoms with Gasteiger partial charge in [-0.05, 0) is 164 Å². The molecule has 1 fully saturated rings. The van der Waals surface area contributed by atoms with E-state index in [1.165, 1.54) is 6.92 Å². The number of aliphatic imine (C=N–C) groups is 1. The number of likely N-dealkylation sites (tertiary alicyclic amines) is 1. The number of hydrogen-bond acceptors (Lipinski definition) is 15. The summed E-state index contributed by atoms with van der Waals surface area (Å²) in [7, 11) is 0. The number of aliphatic hydroxyl groups excluding tert-OH is 1. The number of ether oxygens (including phenoxy) is 4. The highest BCUT2D eigenvalue weighted by molar-refractivity contribution is 6.42. The molecule has 502 valence electrons. The van der Waals surface area contributed by atoms with Gasteiger partial charge in [0.05, 0.1) is 51.9 Å². The maximum atomic E-state index is 14.8. The van der Waals surface area contributed by atoms with Crippen molar-refractivity contribution in [2.45, 2.75) is 240 Å². The van der Waals surface area contributed by atoms with E-state index in [0.29, 0.717) is 60.2 Å². The van der Waals surface area contributed by atoms with Gasteiger partial charge >= 0.3 is 30.0 Å². The summed E-state index contributed by atoms with van der Waals surface area (Å²) in [5, 5.41) is 26.1. The quantitative estimate of drug-likeness (QED) is 0.0291. The Morgan fingerprint density at radius 1 is 0.722 bits per heavy atom. The molecule has 1 saturated heterocycles. The molecule has 3 unspecified atom stereocenters. The SMILES string of the molecule is C=C(C)C(=O)OCCNC(=O)OCCOC(=O)C(C)(C)CC.CCC(C)(C)C(=O)O.CCCCC(CC)C(=O)N=C1C=C2C(=CC1=C1C(=O)C(c3cc4c(cc3NC(=O)CCCOC(=O)C(C)(C)CC)N(C(C)C)C(C)C4(C)C)=C1O)C(C)(C)C(C)N2C(C)C. The van der Waals surface area contributed by atoms with E-state index in [2.05, 4.69) is 103 Å². The number of hydrogen-bond donors (Lipinski definition) is 4. The molecule has 19 heteroatoms. The number of nitrogens with zero attached hydrogens (tertiary/aromatic N) is 3. The van der Waals surface area contributed by atoms with E-state index in [4.69, 9.17) is 29.0 Å². The second kappa shape index (κ2) is 32.3. The minimum absolute atomic E-state index is 0.000325. The molecule has 2 heterocycles. The number of unbranched alkanes of at least 4 members (excludes halogenated alkanes) is 1. The zero-order valence-corrected chi connectivity index (χ0v) is 58.4. The maximum absolute atomic E-state index is 14.8. The first-order chi connectivity index (χ1) is 41.7. The highest BCUT2D eigenvalue weighted by Gasteiger charge is 2.50. The second-order valence-corrected chi connectivity index (χ2v) is 27.6. The normalized spacial score (nSPS) is 19.0. The largest absolute Gasteiger partial charge is 0.506 e. The number of aliphatic carboxylic acids is 1. The van der Waals surface area contributed by atoms with Crippen LogP contribution in [0.25, 0.3) is 5.57 Å². The number of carbonyl (C=O) groups excluding carboxylic acids is 7. The average molecular weight is 1260 g/mol. The number of carbonyl (C=O) groups is 8. The third kappa shape index (κ3) is 18.6. The summed E-state index contributed by atoms with van der Waals surface area (Å²) in [4.78, 5) is 108. The second-order valence-electron chi connectivity index (χ2n) is 27.6. The predicted molar refractivity (Wildman–Crippen MR) is 355 cm³/mol. The standard InChI is InChI=1S/C50H72N4O6.C15H25NO6.C6H12O2/c1-16-19-21-32(17-2)46(58)52-38-27-40-36(50(14,15)31(9)54(40)29(6)7)25-34(38)43-44(56)42(45(43)57)33-24-35-39(53(28(4)5)30(8)49(35,12)13)26-37(33)51-41(55)22-20-23-60-47(59)48(10,11)18-3;1-6-15(4,5)13(18)21-9-10-22-14(19)16-7-8-20-12(17)11(2)3;1-4-6(2,3)5(7)8/h24-32,56H,16-23H2,1-15H3,(H,51,55);2,6-10H2,1,3-5H3,(H,16,19);4H2,1-3H3,(H,7,8). The summed E-state index contributed by atoms with van der Waals surface area (Å²) in [5.74, 6) is -3.17. The Morgan fingerprint density at radius 3 is 1.76 bits per heavy atom. The molecular weight excluding hydrogens is 1150 g/mol. The van der Waals surface area contributed by atoms with Crippen LogP contribution in [0.3, 0.4) is 0 Å². The van der Waals surface area contributed by atoms with Gasteiger partial charge in [0.25, 0.3) is 0 Å². The Kier molecular flexibility index (Phi) is 27.7. The minimum Gasteiger partial charge on any atom is -0.506 e. The number of carboxylic acid groups (broad SMARTS) is 1. The fourth-order valence-corrected chi connectivity index (χ4v) is 10.5. The number of nitrogens with one attached hydrogen (secondary N) is 2. The molecule has 19 nitrogen and oxygen atoms in total. The van der Waals surface area contributed by atoms with Crippen LogP contribution in [0, 0.1) is 27.6 Å². The molecule has 3 atom stereocenters. The number of rotatable bonds is 26. The summed E-state index contributed by atoms with van der Waals surface area (Å²) in [6.45, 7) is 47.4. The van der Waals surface area contributed by atoms with Crippen molar-refractivity contribution in [3.63, 3.8) is 0 Å². The van der Waals surface area contributed by atoms with Crippen LogP contribution < -0.4 is 15.5 Å². The Morgan fingerprint density at radius 2 is 1.27 bits per heavy atom. The molecule has 2 aliphatic heterocycles. The smallest absolute Gasteiger partial charge is 0.407 e. The molecule has 0 aromatic heterocycles. The van der Waals surface area contributed by atoms with Gasteiger partial charge in [0.1, 0.15) is 25.6 Å². The number of aliphatic hydroxyl groups is 1. The third-order valence-electron chi connectivity index (χ3n) is 18.6. The van der Waals surface area contributed by atoms with Gasteiger partial charge in [0.2, 0.25) is 17.6 Å². The van der Waals surface area contributed by atoms with Gasteiger partial charge < -0.3 is 49.6 Å². The van der Waals surface area contributed by atoms with Crippen molar-refractivity contribution in [3.05, 3.63) is 75.7 Å². The molecule has 0 saturated carbocycles. The lowest BCUT2D eigenvalue weighted by molar-refractivity contribution is -0.155. The van der Waals surface area contributed by atoms with Crippen LogP contribution in [0.4, 0.5) is 16.2 Å². The Labute approximate surface area is 537 Å². The number of anilines is 2. The number of allylic oxidation sites excluding steroid dienone is 6. The topological polar surface area (TPSA) is 257 Å². The van der Waals surface area contributed by atoms with Crippen LogP contribution in [-0.4, -0.2) is 126 Å². The number of benzene rings is 1. The van der Waals surface area contributed by atoms with Gasteiger partial charge in [-0.15, -0.1) is 0 Å². The molecule has 0 spiro atoms. The zero-order chi connectivity index (χ0) is 68.8. The molecular formula is C71H109N5O14. The molecule has 4 N–H and O–H groups in total. The summed E-state index contributed by atoms with van der Waals surface area (Å²) >= 11 is 0. The van der Waals surface area contributed by atoms with Gasteiger partial charge in [0.15, 0.2) is 0 Å². The van der Waals surface area contributed by atoms with E-state index in [9.17, 15) is 43.5 Å². The Balaban J connectivity index is 0.000000581. The fourth-order valence-electron chi connectivity index (χ4n) is 10.5. The summed E-state index contributed by atoms with van der Waals surface area (Å²) in [5.41, 5.74) is 3.91. The van der Waals surface area contributed by atoms with Gasteiger partial charge in [-0.2, -0.15) is 0 Å². The van der Waals surface area contributed by atoms with Crippen LogP contribution in [0.2, 0.25) is 0 Å². The van der Waals surface area contributed by atoms with E-state index in [-0.39, 0.29) is 127 Å². The van der Waals surface area contributed by atoms with Crippen LogP contribution >= 0.6 is 0 Å². The molecule has 1 aromatic carbocycles. The van der Waals surface area contributed by atoms with E-state index in [1.54, 1.807) is 27.7 Å².